The number of urea groups is 1. The summed E-state index contributed by atoms with van der Waals surface area (Å²) in [5.74, 6) is -1.84. The molecule has 1 aromatic heterocycles. The van der Waals surface area contributed by atoms with E-state index in [2.05, 4.69) is 10.3 Å². The Balaban J connectivity index is 1.42. The van der Waals surface area contributed by atoms with Crippen molar-refractivity contribution in [3.63, 3.8) is 0 Å². The van der Waals surface area contributed by atoms with Crippen molar-refractivity contribution in [1.82, 2.24) is 9.88 Å². The Labute approximate surface area is 195 Å². The quantitative estimate of drug-likeness (QED) is 0.432. The van der Waals surface area contributed by atoms with Gasteiger partial charge in [0.1, 0.15) is 10.7 Å². The number of nitrogens with zero attached hydrogens (tertiary/aromatic N) is 2. The summed E-state index contributed by atoms with van der Waals surface area (Å²) >= 11 is 1.00. The maximum atomic E-state index is 14.2. The number of hydrogen-bond acceptors (Lipinski definition) is 4. The summed E-state index contributed by atoms with van der Waals surface area (Å²) in [6.07, 6.45) is -3.42. The number of amides is 2. The fourth-order valence-corrected chi connectivity index (χ4v) is 4.85. The molecule has 0 saturated carbocycles. The van der Waals surface area contributed by atoms with Crippen molar-refractivity contribution in [2.45, 2.75) is 24.9 Å². The molecule has 1 fully saturated rings. The van der Waals surface area contributed by atoms with Crippen LogP contribution in [0.25, 0.3) is 11.3 Å². The number of aromatic nitrogens is 1. The number of likely N-dealkylation sites (tertiary alicyclic amines) is 1. The van der Waals surface area contributed by atoms with Gasteiger partial charge in [-0.25, -0.2) is 19.0 Å². The van der Waals surface area contributed by atoms with Crippen molar-refractivity contribution in [3.8, 4) is 11.3 Å². The standard InChI is InChI=1S/C23H19F4N3O3S/c24-17-4-2-1-3-16(17)18-19(21(31)32)34-20(29-18)13-9-11-30(12-10-13)22(33)28-15-7-5-14(6-8-15)23(25,26)27/h1-8,13H,9-12H2,(H,28,33)(H,31,32). The Morgan fingerprint density at radius 2 is 1.71 bits per heavy atom. The number of halogens is 4. The minimum Gasteiger partial charge on any atom is -0.477 e. The van der Waals surface area contributed by atoms with Crippen LogP contribution in [-0.2, 0) is 6.18 Å². The molecule has 0 bridgehead atoms. The molecule has 1 aliphatic rings. The van der Waals surface area contributed by atoms with Gasteiger partial charge in [-0.3, -0.25) is 0 Å². The van der Waals surface area contributed by atoms with Crippen LogP contribution in [0.15, 0.2) is 48.5 Å². The smallest absolute Gasteiger partial charge is 0.416 e. The normalized spacial score (nSPS) is 14.8. The van der Waals surface area contributed by atoms with Crippen LogP contribution in [0.1, 0.15) is 39.0 Å². The molecular weight excluding hydrogens is 474 g/mol. The van der Waals surface area contributed by atoms with E-state index in [1.807, 2.05) is 0 Å². The number of carbonyl (C=O) groups is 2. The maximum Gasteiger partial charge on any atom is 0.416 e. The van der Waals surface area contributed by atoms with E-state index in [0.29, 0.717) is 30.9 Å². The number of hydrogen-bond donors (Lipinski definition) is 2. The number of benzene rings is 2. The average molecular weight is 493 g/mol. The van der Waals surface area contributed by atoms with E-state index in [1.165, 1.54) is 35.2 Å². The van der Waals surface area contributed by atoms with Gasteiger partial charge >= 0.3 is 18.2 Å². The lowest BCUT2D eigenvalue weighted by Gasteiger charge is -2.31. The molecule has 2 N–H and O–H groups in total. The zero-order chi connectivity index (χ0) is 24.5. The molecule has 0 radical (unpaired) electrons. The molecule has 34 heavy (non-hydrogen) atoms. The summed E-state index contributed by atoms with van der Waals surface area (Å²) in [5, 5.41) is 12.7. The van der Waals surface area contributed by atoms with Gasteiger partial charge in [0.05, 0.1) is 16.3 Å². The predicted molar refractivity (Wildman–Crippen MR) is 118 cm³/mol. The van der Waals surface area contributed by atoms with Crippen LogP contribution < -0.4 is 5.32 Å². The minimum atomic E-state index is -4.45. The van der Waals surface area contributed by atoms with Crippen LogP contribution in [0.5, 0.6) is 0 Å². The monoisotopic (exact) mass is 493 g/mol. The summed E-state index contributed by atoms with van der Waals surface area (Å²) in [6.45, 7) is 0.711. The van der Waals surface area contributed by atoms with Crippen LogP contribution in [0.2, 0.25) is 0 Å². The van der Waals surface area contributed by atoms with Crippen molar-refractivity contribution in [3.05, 3.63) is 69.8 Å². The molecule has 0 aliphatic carbocycles. The third kappa shape index (κ3) is 5.04. The maximum absolute atomic E-state index is 14.2. The molecule has 3 aromatic rings. The number of thiazole rings is 1. The minimum absolute atomic E-state index is 0.0393. The molecule has 4 rings (SSSR count). The topological polar surface area (TPSA) is 82.5 Å². The first-order valence-electron chi connectivity index (χ1n) is 10.4. The molecule has 178 valence electrons. The van der Waals surface area contributed by atoms with Crippen molar-refractivity contribution in [2.24, 2.45) is 0 Å². The SMILES string of the molecule is O=C(O)c1sc(C2CCN(C(=O)Nc3ccc(C(F)(F)F)cc3)CC2)nc1-c1ccccc1F. The van der Waals surface area contributed by atoms with Crippen molar-refractivity contribution in [1.29, 1.82) is 0 Å². The van der Waals surface area contributed by atoms with Gasteiger partial charge in [0.2, 0.25) is 0 Å². The molecule has 2 heterocycles. The van der Waals surface area contributed by atoms with E-state index in [1.54, 1.807) is 6.07 Å². The number of alkyl halides is 3. The van der Waals surface area contributed by atoms with Crippen LogP contribution >= 0.6 is 11.3 Å². The Kier molecular flexibility index (Phi) is 6.56. The van der Waals surface area contributed by atoms with Gasteiger partial charge in [0.15, 0.2) is 0 Å². The number of carboxylic acids is 1. The second-order valence-electron chi connectivity index (χ2n) is 7.78. The molecular formula is C23H19F4N3O3S. The molecule has 0 spiro atoms. The molecule has 0 unspecified atom stereocenters. The van der Waals surface area contributed by atoms with Gasteiger partial charge in [-0.15, -0.1) is 11.3 Å². The van der Waals surface area contributed by atoms with E-state index in [0.717, 1.165) is 23.5 Å². The Morgan fingerprint density at radius 1 is 1.06 bits per heavy atom. The molecule has 1 saturated heterocycles. The lowest BCUT2D eigenvalue weighted by Crippen LogP contribution is -2.40. The lowest BCUT2D eigenvalue weighted by molar-refractivity contribution is -0.137. The largest absolute Gasteiger partial charge is 0.477 e. The van der Waals surface area contributed by atoms with Crippen LogP contribution in [0.3, 0.4) is 0 Å². The third-order valence-electron chi connectivity index (χ3n) is 5.56. The molecule has 2 aromatic carbocycles. The highest BCUT2D eigenvalue weighted by molar-refractivity contribution is 7.14. The Morgan fingerprint density at radius 3 is 2.29 bits per heavy atom. The molecule has 1 aliphatic heterocycles. The van der Waals surface area contributed by atoms with Gasteiger partial charge in [-0.05, 0) is 49.2 Å². The highest BCUT2D eigenvalue weighted by Gasteiger charge is 2.31. The fourth-order valence-electron chi connectivity index (χ4n) is 3.77. The summed E-state index contributed by atoms with van der Waals surface area (Å²) in [4.78, 5) is 30.2. The number of aromatic carboxylic acids is 1. The van der Waals surface area contributed by atoms with E-state index in [9.17, 15) is 32.3 Å². The van der Waals surface area contributed by atoms with Crippen molar-refractivity contribution in [2.75, 3.05) is 18.4 Å². The molecule has 11 heteroatoms. The van der Waals surface area contributed by atoms with Gasteiger partial charge in [0.25, 0.3) is 0 Å². The van der Waals surface area contributed by atoms with Gasteiger partial charge < -0.3 is 15.3 Å². The zero-order valence-electron chi connectivity index (χ0n) is 17.6. The highest BCUT2D eigenvalue weighted by Crippen LogP contribution is 2.37. The third-order valence-corrected chi connectivity index (χ3v) is 6.77. The number of nitrogens with one attached hydrogen (secondary N) is 1. The van der Waals surface area contributed by atoms with E-state index >= 15 is 0 Å². The molecule has 0 atom stereocenters. The first-order valence-corrected chi connectivity index (χ1v) is 11.2. The van der Waals surface area contributed by atoms with E-state index < -0.39 is 29.6 Å². The van der Waals surface area contributed by atoms with Crippen LogP contribution in [-0.4, -0.2) is 40.1 Å². The van der Waals surface area contributed by atoms with E-state index in [4.69, 9.17) is 0 Å². The first-order chi connectivity index (χ1) is 16.1. The number of anilines is 1. The number of rotatable bonds is 4. The lowest BCUT2D eigenvalue weighted by atomic mass is 9.97. The summed E-state index contributed by atoms with van der Waals surface area (Å²) < 4.78 is 52.3. The molecule has 2 amide bonds. The Hall–Kier alpha value is -3.47. The summed E-state index contributed by atoms with van der Waals surface area (Å²) in [6, 6.07) is 9.60. The second-order valence-corrected chi connectivity index (χ2v) is 8.81. The predicted octanol–water partition coefficient (Wildman–Crippen LogP) is 6.08. The van der Waals surface area contributed by atoms with Gasteiger partial charge in [-0.1, -0.05) is 12.1 Å². The zero-order valence-corrected chi connectivity index (χ0v) is 18.4. The fraction of sp³-hybridized carbons (Fsp3) is 0.261. The van der Waals surface area contributed by atoms with Gasteiger partial charge in [-0.2, -0.15) is 13.2 Å². The second kappa shape index (κ2) is 9.41. The number of piperidine rings is 1. The van der Waals surface area contributed by atoms with Crippen molar-refractivity contribution >= 4 is 29.0 Å². The number of carbonyl (C=O) groups excluding carboxylic acids is 1. The Bertz CT molecular complexity index is 1200. The van der Waals surface area contributed by atoms with E-state index in [-0.39, 0.29) is 27.7 Å². The highest BCUT2D eigenvalue weighted by atomic mass is 32.1. The van der Waals surface area contributed by atoms with Crippen LogP contribution in [0, 0.1) is 5.82 Å². The average Bonchev–Trinajstić information content (AvgIpc) is 3.25. The van der Waals surface area contributed by atoms with Gasteiger partial charge in [0, 0.05) is 30.3 Å². The van der Waals surface area contributed by atoms with Crippen LogP contribution in [0.4, 0.5) is 28.0 Å². The first kappa shape index (κ1) is 23.7. The molecule has 6 nitrogen and oxygen atoms in total. The number of carboxylic acid groups (broad SMARTS) is 1. The summed E-state index contributed by atoms with van der Waals surface area (Å²) in [7, 11) is 0. The van der Waals surface area contributed by atoms with Crippen molar-refractivity contribution < 1.29 is 32.3 Å². The summed E-state index contributed by atoms with van der Waals surface area (Å²) in [5.41, 5.74) is -0.338.